The Morgan fingerprint density at radius 2 is 1.62 bits per heavy atom. The highest BCUT2D eigenvalue weighted by molar-refractivity contribution is 5.89. The Kier molecular flexibility index (Phi) is 8.12. The number of nitrogens with one attached hydrogen (secondary N) is 1. The molecule has 2 aromatic carbocycles. The molecular weight excluding hydrogens is 446 g/mol. The lowest BCUT2D eigenvalue weighted by Gasteiger charge is -2.35. The summed E-state index contributed by atoms with van der Waals surface area (Å²) in [6, 6.07) is 11.5. The number of carboxylic acid groups (broad SMARTS) is 1. The number of benzene rings is 2. The van der Waals surface area contributed by atoms with Gasteiger partial charge in [0.25, 0.3) is 0 Å². The minimum Gasteiger partial charge on any atom is -0.504 e. The number of alkyl carbamates (subject to hydrolysis) is 1. The number of carbonyl (C=O) groups is 3. The van der Waals surface area contributed by atoms with Crippen LogP contribution in [-0.2, 0) is 14.3 Å². The minimum absolute atomic E-state index is 0.0545. The normalized spacial score (nSPS) is 14.9. The van der Waals surface area contributed by atoms with Gasteiger partial charge < -0.3 is 29.9 Å². The number of aliphatic carboxylic acids is 1. The quantitative estimate of drug-likeness (QED) is 0.219. The van der Waals surface area contributed by atoms with Crippen LogP contribution in [0.1, 0.15) is 56.0 Å². The number of hydrogen-bond acceptors (Lipinski definition) is 8. The molecule has 0 aliphatic carbocycles. The van der Waals surface area contributed by atoms with Crippen LogP contribution in [0.3, 0.4) is 0 Å². The second-order valence-electron chi connectivity index (χ2n) is 8.82. The fraction of sp³-hybridized carbons (Fsp3) is 0.375. The predicted octanol–water partition coefficient (Wildman–Crippen LogP) is 3.11. The van der Waals surface area contributed by atoms with Gasteiger partial charge in [0.15, 0.2) is 11.5 Å². The molecule has 5 N–H and O–H groups in total. The van der Waals surface area contributed by atoms with Gasteiger partial charge in [-0.15, -0.1) is 0 Å². The number of phenols is 2. The molecule has 184 valence electrons. The van der Waals surface area contributed by atoms with E-state index in [-0.39, 0.29) is 17.5 Å². The second-order valence-corrected chi connectivity index (χ2v) is 8.82. The number of phenolic OH excluding ortho intramolecular Hbond substituents is 2. The van der Waals surface area contributed by atoms with Gasteiger partial charge in [-0.25, -0.2) is 14.4 Å². The number of aromatic hydroxyl groups is 2. The van der Waals surface area contributed by atoms with Gasteiger partial charge in [-0.3, -0.25) is 5.32 Å². The number of hydrogen-bond donors (Lipinski definition) is 5. The average Bonchev–Trinajstić information content (AvgIpc) is 2.73. The molecule has 2 rings (SSSR count). The zero-order valence-electron chi connectivity index (χ0n) is 19.3. The number of carbonyl (C=O) groups excluding carboxylic acids is 2. The Hall–Kier alpha value is -3.79. The number of aliphatic hydroxyl groups is 1. The SMILES string of the molecule is C[C@@H](CC(c1ccc(O)c(O)c1)C(O)(NC(=O)OC(C)(C)C)C(=O)O)OC(=O)c1ccccc1. The van der Waals surface area contributed by atoms with Crippen molar-refractivity contribution in [3.63, 3.8) is 0 Å². The van der Waals surface area contributed by atoms with E-state index in [9.17, 15) is 34.8 Å². The standard InChI is InChI=1S/C24H29NO9/c1-14(33-20(28)15-8-6-5-7-9-15)12-17(16-10-11-18(26)19(27)13-16)24(32,21(29)30)25-22(31)34-23(2,3)4/h5-11,13-14,17,26-27,32H,12H2,1-4H3,(H,25,31)(H,29,30)/t14-,17?,24?/m0/s1. The Balaban J connectivity index is 2.40. The summed E-state index contributed by atoms with van der Waals surface area (Å²) in [5.74, 6) is -4.94. The molecule has 2 aromatic rings. The van der Waals surface area contributed by atoms with Gasteiger partial charge in [0.1, 0.15) is 11.7 Å². The number of ether oxygens (including phenoxy) is 2. The Labute approximate surface area is 196 Å². The lowest BCUT2D eigenvalue weighted by Crippen LogP contribution is -2.59. The highest BCUT2D eigenvalue weighted by Crippen LogP contribution is 2.37. The summed E-state index contributed by atoms with van der Waals surface area (Å²) in [6.07, 6.45) is -2.40. The van der Waals surface area contributed by atoms with Crippen molar-refractivity contribution in [2.75, 3.05) is 0 Å². The fourth-order valence-electron chi connectivity index (χ4n) is 3.26. The third kappa shape index (κ3) is 6.85. The average molecular weight is 475 g/mol. The number of rotatable bonds is 8. The maximum atomic E-state index is 12.4. The van der Waals surface area contributed by atoms with Crippen molar-refractivity contribution < 1.29 is 44.3 Å². The number of amides is 1. The van der Waals surface area contributed by atoms with E-state index in [1.165, 1.54) is 13.0 Å². The molecule has 0 heterocycles. The van der Waals surface area contributed by atoms with Crippen molar-refractivity contribution in [3.8, 4) is 11.5 Å². The first-order valence-electron chi connectivity index (χ1n) is 10.5. The van der Waals surface area contributed by atoms with Gasteiger partial charge in [-0.2, -0.15) is 0 Å². The second kappa shape index (κ2) is 10.4. The van der Waals surface area contributed by atoms with E-state index in [0.717, 1.165) is 12.1 Å². The van der Waals surface area contributed by atoms with Crippen LogP contribution in [0.2, 0.25) is 0 Å². The van der Waals surface area contributed by atoms with Crippen LogP contribution in [-0.4, -0.2) is 55.9 Å². The molecule has 1 amide bonds. The molecule has 0 bridgehead atoms. The van der Waals surface area contributed by atoms with E-state index in [0.29, 0.717) is 0 Å². The Morgan fingerprint density at radius 3 is 2.15 bits per heavy atom. The predicted molar refractivity (Wildman–Crippen MR) is 120 cm³/mol. The van der Waals surface area contributed by atoms with Gasteiger partial charge in [-0.1, -0.05) is 24.3 Å². The summed E-state index contributed by atoms with van der Waals surface area (Å²) in [6.45, 7) is 6.18. The molecule has 10 nitrogen and oxygen atoms in total. The third-order valence-electron chi connectivity index (χ3n) is 4.81. The van der Waals surface area contributed by atoms with Gasteiger partial charge in [0, 0.05) is 5.92 Å². The number of carboxylic acids is 1. The molecule has 0 saturated carbocycles. The van der Waals surface area contributed by atoms with Crippen molar-refractivity contribution in [1.82, 2.24) is 5.32 Å². The monoisotopic (exact) mass is 475 g/mol. The van der Waals surface area contributed by atoms with Crippen LogP contribution in [0, 0.1) is 0 Å². The Bertz CT molecular complexity index is 1030. The van der Waals surface area contributed by atoms with E-state index >= 15 is 0 Å². The zero-order valence-corrected chi connectivity index (χ0v) is 19.3. The lowest BCUT2D eigenvalue weighted by atomic mass is 9.83. The van der Waals surface area contributed by atoms with Crippen LogP contribution in [0.4, 0.5) is 4.79 Å². The van der Waals surface area contributed by atoms with Crippen molar-refractivity contribution in [3.05, 3.63) is 59.7 Å². The maximum absolute atomic E-state index is 12.4. The van der Waals surface area contributed by atoms with E-state index in [1.807, 2.05) is 5.32 Å². The summed E-state index contributed by atoms with van der Waals surface area (Å²) in [7, 11) is 0. The van der Waals surface area contributed by atoms with Gasteiger partial charge in [-0.05, 0) is 63.9 Å². The topological polar surface area (TPSA) is 163 Å². The fourth-order valence-corrected chi connectivity index (χ4v) is 3.26. The molecule has 0 saturated heterocycles. The van der Waals surface area contributed by atoms with Gasteiger partial charge in [0.05, 0.1) is 5.56 Å². The molecule has 0 fully saturated rings. The summed E-state index contributed by atoms with van der Waals surface area (Å²) in [4.78, 5) is 37.0. The molecule has 34 heavy (non-hydrogen) atoms. The molecule has 0 spiro atoms. The van der Waals surface area contributed by atoms with Crippen LogP contribution in [0.15, 0.2) is 48.5 Å². The van der Waals surface area contributed by atoms with Crippen molar-refractivity contribution in [2.24, 2.45) is 0 Å². The van der Waals surface area contributed by atoms with Crippen molar-refractivity contribution >= 4 is 18.0 Å². The first-order chi connectivity index (χ1) is 15.7. The third-order valence-corrected chi connectivity index (χ3v) is 4.81. The van der Waals surface area contributed by atoms with Crippen LogP contribution >= 0.6 is 0 Å². The van der Waals surface area contributed by atoms with Crippen LogP contribution in [0.5, 0.6) is 11.5 Å². The van der Waals surface area contributed by atoms with E-state index in [2.05, 4.69) is 0 Å². The smallest absolute Gasteiger partial charge is 0.410 e. The molecule has 0 aliphatic rings. The van der Waals surface area contributed by atoms with E-state index < -0.39 is 52.9 Å². The van der Waals surface area contributed by atoms with Crippen molar-refractivity contribution in [2.45, 2.75) is 57.5 Å². The molecule has 3 atom stereocenters. The van der Waals surface area contributed by atoms with Crippen molar-refractivity contribution in [1.29, 1.82) is 0 Å². The number of esters is 1. The van der Waals surface area contributed by atoms with E-state index in [4.69, 9.17) is 9.47 Å². The first-order valence-corrected chi connectivity index (χ1v) is 10.5. The molecule has 0 aromatic heterocycles. The molecular formula is C24H29NO9. The molecule has 2 unspecified atom stereocenters. The van der Waals surface area contributed by atoms with Crippen LogP contribution in [0.25, 0.3) is 0 Å². The van der Waals surface area contributed by atoms with Gasteiger partial charge in [0.2, 0.25) is 5.72 Å². The largest absolute Gasteiger partial charge is 0.504 e. The Morgan fingerprint density at radius 1 is 1.00 bits per heavy atom. The first kappa shape index (κ1) is 26.5. The van der Waals surface area contributed by atoms with E-state index in [1.54, 1.807) is 51.1 Å². The molecule has 0 radical (unpaired) electrons. The summed E-state index contributed by atoms with van der Waals surface area (Å²) >= 11 is 0. The maximum Gasteiger partial charge on any atom is 0.410 e. The highest BCUT2D eigenvalue weighted by Gasteiger charge is 2.48. The zero-order chi connectivity index (χ0) is 25.7. The lowest BCUT2D eigenvalue weighted by molar-refractivity contribution is -0.166. The molecule has 0 aliphatic heterocycles. The minimum atomic E-state index is -2.92. The summed E-state index contributed by atoms with van der Waals surface area (Å²) in [5.41, 5.74) is -3.57. The molecule has 10 heteroatoms. The summed E-state index contributed by atoms with van der Waals surface area (Å²) in [5, 5.41) is 42.6. The highest BCUT2D eigenvalue weighted by atomic mass is 16.6. The van der Waals surface area contributed by atoms with Crippen LogP contribution < -0.4 is 5.32 Å². The summed E-state index contributed by atoms with van der Waals surface area (Å²) < 4.78 is 10.5. The van der Waals surface area contributed by atoms with Gasteiger partial charge >= 0.3 is 18.0 Å².